The monoisotopic (exact) mass is 758 g/mol. The van der Waals surface area contributed by atoms with E-state index in [1.807, 2.05) is 0 Å². The van der Waals surface area contributed by atoms with Gasteiger partial charge in [0.2, 0.25) is 5.91 Å². The van der Waals surface area contributed by atoms with Gasteiger partial charge in [-0.3, -0.25) is 14.4 Å². The summed E-state index contributed by atoms with van der Waals surface area (Å²) in [5.41, 5.74) is 11.8. The number of amides is 1. The van der Waals surface area contributed by atoms with Crippen LogP contribution in [-0.2, 0) is 23.9 Å². The van der Waals surface area contributed by atoms with Gasteiger partial charge in [0.1, 0.15) is 13.2 Å². The zero-order valence-electron chi connectivity index (χ0n) is 35.0. The van der Waals surface area contributed by atoms with Crippen molar-refractivity contribution in [2.45, 2.75) is 193 Å². The number of allylic oxidation sites excluding steroid dienone is 8. The second-order valence-corrected chi connectivity index (χ2v) is 14.6. The molecule has 0 heterocycles. The number of unbranched alkanes of at least 4 members (excludes halogenated alkanes) is 17. The summed E-state index contributed by atoms with van der Waals surface area (Å²) < 4.78 is 10.9. The standard InChI is InChI=1S/C46H83N3O5/c1-3-5-7-9-11-13-15-17-19-21-23-25-27-29-31-36-44(50)53-41-39-49(46(52)43(48)35-33-34-38-47)40-42-54-45(51)37-32-30-28-26-24-22-20-18-16-14-12-10-8-6-4-2/h11-14,17-20,43H,3-10,15-16,21-42,47-48H2,1-2H3. The highest BCUT2D eigenvalue weighted by Gasteiger charge is 2.21. The van der Waals surface area contributed by atoms with Crippen LogP contribution in [0.3, 0.4) is 0 Å². The van der Waals surface area contributed by atoms with Crippen molar-refractivity contribution in [1.82, 2.24) is 4.90 Å². The number of carbonyl (C=O) groups excluding carboxylic acids is 3. The maximum absolute atomic E-state index is 13.1. The summed E-state index contributed by atoms with van der Waals surface area (Å²) in [5.74, 6) is -0.713. The summed E-state index contributed by atoms with van der Waals surface area (Å²) >= 11 is 0. The molecule has 0 saturated carbocycles. The van der Waals surface area contributed by atoms with E-state index in [0.29, 0.717) is 25.8 Å². The van der Waals surface area contributed by atoms with Crippen LogP contribution in [0.5, 0.6) is 0 Å². The van der Waals surface area contributed by atoms with Gasteiger partial charge in [-0.25, -0.2) is 0 Å². The number of rotatable bonds is 39. The SMILES string of the molecule is CCCCCC=CCC=CCCCCCCCC(=O)OCCN(CCOC(=O)CCCCCCCC=CCC=CCCCCC)C(=O)C(N)CCCCN. The molecule has 1 atom stereocenters. The molecule has 8 heteroatoms. The fraction of sp³-hybridized carbons (Fsp3) is 0.761. The van der Waals surface area contributed by atoms with Gasteiger partial charge in [-0.2, -0.15) is 0 Å². The number of ether oxygens (including phenoxy) is 2. The molecular weight excluding hydrogens is 675 g/mol. The minimum absolute atomic E-state index is 0.0975. The average Bonchev–Trinajstić information content (AvgIpc) is 3.17. The molecule has 0 saturated heterocycles. The molecule has 0 aromatic rings. The Labute approximate surface area is 332 Å². The van der Waals surface area contributed by atoms with Crippen LogP contribution < -0.4 is 11.5 Å². The van der Waals surface area contributed by atoms with Crippen molar-refractivity contribution in [3.05, 3.63) is 48.6 Å². The van der Waals surface area contributed by atoms with E-state index in [1.54, 1.807) is 4.90 Å². The fourth-order valence-electron chi connectivity index (χ4n) is 6.04. The predicted octanol–water partition coefficient (Wildman–Crippen LogP) is 11.0. The smallest absolute Gasteiger partial charge is 0.305 e. The van der Waals surface area contributed by atoms with Crippen molar-refractivity contribution in [1.29, 1.82) is 0 Å². The van der Waals surface area contributed by atoms with Crippen LogP contribution in [0.15, 0.2) is 48.6 Å². The van der Waals surface area contributed by atoms with Crippen LogP contribution in [0.4, 0.5) is 0 Å². The molecular formula is C46H83N3O5. The lowest BCUT2D eigenvalue weighted by atomic mass is 10.1. The summed E-state index contributed by atoms with van der Waals surface area (Å²) in [6, 6.07) is -0.664. The van der Waals surface area contributed by atoms with Crippen LogP contribution >= 0.6 is 0 Å². The van der Waals surface area contributed by atoms with Crippen molar-refractivity contribution < 1.29 is 23.9 Å². The molecule has 0 aliphatic carbocycles. The van der Waals surface area contributed by atoms with Crippen LogP contribution in [0.2, 0.25) is 0 Å². The molecule has 0 radical (unpaired) electrons. The number of nitrogens with two attached hydrogens (primary N) is 2. The molecule has 1 amide bonds. The van der Waals surface area contributed by atoms with Crippen molar-refractivity contribution in [2.24, 2.45) is 11.5 Å². The molecule has 0 bridgehead atoms. The highest BCUT2D eigenvalue weighted by atomic mass is 16.5. The van der Waals surface area contributed by atoms with Crippen molar-refractivity contribution in [2.75, 3.05) is 32.8 Å². The van der Waals surface area contributed by atoms with E-state index < -0.39 is 6.04 Å². The number of hydrogen-bond donors (Lipinski definition) is 2. The first-order valence-corrected chi connectivity index (χ1v) is 22.1. The Morgan fingerprint density at radius 3 is 1.31 bits per heavy atom. The fourth-order valence-corrected chi connectivity index (χ4v) is 6.04. The van der Waals surface area contributed by atoms with Gasteiger partial charge in [0.25, 0.3) is 0 Å². The average molecular weight is 758 g/mol. The zero-order chi connectivity index (χ0) is 39.6. The number of carbonyl (C=O) groups is 3. The first-order valence-electron chi connectivity index (χ1n) is 22.1. The van der Waals surface area contributed by atoms with Crippen molar-refractivity contribution >= 4 is 17.8 Å². The maximum Gasteiger partial charge on any atom is 0.305 e. The van der Waals surface area contributed by atoms with Gasteiger partial charge in [0.15, 0.2) is 0 Å². The van der Waals surface area contributed by atoms with Gasteiger partial charge in [0, 0.05) is 12.8 Å². The van der Waals surface area contributed by atoms with Crippen LogP contribution in [0, 0.1) is 0 Å². The van der Waals surface area contributed by atoms with Crippen LogP contribution in [0.25, 0.3) is 0 Å². The van der Waals surface area contributed by atoms with Gasteiger partial charge in [-0.05, 0) is 96.4 Å². The number of hydrogen-bond acceptors (Lipinski definition) is 7. The van der Waals surface area contributed by atoms with Gasteiger partial charge in [-0.1, -0.05) is 133 Å². The van der Waals surface area contributed by atoms with Gasteiger partial charge in [0.05, 0.1) is 19.1 Å². The van der Waals surface area contributed by atoms with Crippen LogP contribution in [0.1, 0.15) is 187 Å². The Kier molecular flexibility index (Phi) is 39.4. The van der Waals surface area contributed by atoms with E-state index in [0.717, 1.165) is 89.9 Å². The second-order valence-electron chi connectivity index (χ2n) is 14.6. The third-order valence-electron chi connectivity index (χ3n) is 9.51. The maximum atomic E-state index is 13.1. The summed E-state index contributed by atoms with van der Waals surface area (Å²) in [6.45, 7) is 5.66. The molecule has 1 unspecified atom stereocenters. The summed E-state index contributed by atoms with van der Waals surface area (Å²) in [5, 5.41) is 0. The first-order chi connectivity index (χ1) is 26.5. The summed E-state index contributed by atoms with van der Waals surface area (Å²) in [7, 11) is 0. The molecule has 0 rings (SSSR count). The Hall–Kier alpha value is -2.71. The van der Waals surface area contributed by atoms with E-state index in [-0.39, 0.29) is 44.1 Å². The molecule has 8 nitrogen and oxygen atoms in total. The molecule has 4 N–H and O–H groups in total. The Balaban J connectivity index is 4.21. The lowest BCUT2D eigenvalue weighted by Gasteiger charge is -2.25. The summed E-state index contributed by atoms with van der Waals surface area (Å²) in [6.07, 6.45) is 45.9. The van der Waals surface area contributed by atoms with Crippen molar-refractivity contribution in [3.8, 4) is 0 Å². The Morgan fingerprint density at radius 1 is 0.519 bits per heavy atom. The largest absolute Gasteiger partial charge is 0.464 e. The Morgan fingerprint density at radius 2 is 0.907 bits per heavy atom. The molecule has 0 aromatic carbocycles. The molecule has 54 heavy (non-hydrogen) atoms. The minimum atomic E-state index is -0.664. The quantitative estimate of drug-likeness (QED) is 0.0363. The van der Waals surface area contributed by atoms with E-state index in [1.165, 1.54) is 64.2 Å². The van der Waals surface area contributed by atoms with E-state index in [9.17, 15) is 14.4 Å². The molecule has 0 aliphatic heterocycles. The lowest BCUT2D eigenvalue weighted by molar-refractivity contribution is -0.148. The lowest BCUT2D eigenvalue weighted by Crippen LogP contribution is -2.46. The van der Waals surface area contributed by atoms with Gasteiger partial charge < -0.3 is 25.8 Å². The third kappa shape index (κ3) is 36.3. The molecule has 312 valence electrons. The van der Waals surface area contributed by atoms with Crippen LogP contribution in [-0.4, -0.2) is 61.6 Å². The topological polar surface area (TPSA) is 125 Å². The van der Waals surface area contributed by atoms with Gasteiger partial charge in [-0.15, -0.1) is 0 Å². The molecule has 0 aliphatic rings. The number of nitrogens with zero attached hydrogens (tertiary/aromatic N) is 1. The molecule has 0 aromatic heterocycles. The predicted molar refractivity (Wildman–Crippen MR) is 228 cm³/mol. The molecule has 0 fully saturated rings. The highest BCUT2D eigenvalue weighted by molar-refractivity contribution is 5.81. The minimum Gasteiger partial charge on any atom is -0.464 e. The zero-order valence-corrected chi connectivity index (χ0v) is 35.0. The third-order valence-corrected chi connectivity index (χ3v) is 9.51. The van der Waals surface area contributed by atoms with E-state index in [4.69, 9.17) is 20.9 Å². The molecule has 0 spiro atoms. The number of esters is 2. The first kappa shape index (κ1) is 51.3. The van der Waals surface area contributed by atoms with Gasteiger partial charge >= 0.3 is 11.9 Å². The van der Waals surface area contributed by atoms with E-state index in [2.05, 4.69) is 62.5 Å². The Bertz CT molecular complexity index is 929. The van der Waals surface area contributed by atoms with E-state index >= 15 is 0 Å². The normalized spacial score (nSPS) is 12.4. The van der Waals surface area contributed by atoms with Crippen molar-refractivity contribution in [3.63, 3.8) is 0 Å². The highest BCUT2D eigenvalue weighted by Crippen LogP contribution is 2.11. The summed E-state index contributed by atoms with van der Waals surface area (Å²) in [4.78, 5) is 39.4. The second kappa shape index (κ2) is 41.5.